The second-order valence-electron chi connectivity index (χ2n) is 3.17. The molecule has 0 radical (unpaired) electrons. The molecule has 4 heteroatoms. The molecular formula is C12H15NO3. The monoisotopic (exact) mass is 221 g/mol. The van der Waals surface area contributed by atoms with E-state index >= 15 is 0 Å². The number of hydrogen-bond donors (Lipinski definition) is 0. The summed E-state index contributed by atoms with van der Waals surface area (Å²) in [6.45, 7) is 3.09. The number of rotatable bonds is 6. The summed E-state index contributed by atoms with van der Waals surface area (Å²) in [6, 6.07) is 8.71. The number of ether oxygens (including phenoxy) is 1. The number of carbonyl (C=O) groups is 2. The van der Waals surface area contributed by atoms with Gasteiger partial charge in [0.1, 0.15) is 0 Å². The van der Waals surface area contributed by atoms with Gasteiger partial charge >= 0.3 is 0 Å². The molecule has 0 N–H and O–H groups in total. The fraction of sp³-hybridized carbons (Fsp3) is 0.333. The van der Waals surface area contributed by atoms with Gasteiger partial charge in [0.15, 0.2) is 0 Å². The topological polar surface area (TPSA) is 46.6 Å². The molecule has 2 amide bonds. The van der Waals surface area contributed by atoms with Gasteiger partial charge in [0.25, 0.3) is 5.91 Å². The van der Waals surface area contributed by atoms with E-state index in [2.05, 4.69) is 0 Å². The van der Waals surface area contributed by atoms with Gasteiger partial charge in [0, 0.05) is 12.2 Å². The molecule has 1 aromatic carbocycles. The summed E-state index contributed by atoms with van der Waals surface area (Å²) in [7, 11) is 0. The van der Waals surface area contributed by atoms with E-state index in [1.807, 2.05) is 13.0 Å². The van der Waals surface area contributed by atoms with Crippen molar-refractivity contribution in [1.29, 1.82) is 0 Å². The normalized spacial score (nSPS) is 9.81. The quantitative estimate of drug-likeness (QED) is 0.537. The third-order valence-electron chi connectivity index (χ3n) is 2.09. The molecule has 0 aliphatic rings. The molecule has 0 heterocycles. The van der Waals surface area contributed by atoms with Crippen LogP contribution in [0, 0.1) is 0 Å². The van der Waals surface area contributed by atoms with E-state index in [-0.39, 0.29) is 12.5 Å². The van der Waals surface area contributed by atoms with Crippen LogP contribution < -0.4 is 0 Å². The number of carbonyl (C=O) groups excluding carboxylic acids is 2. The lowest BCUT2D eigenvalue weighted by atomic mass is 10.2. The second kappa shape index (κ2) is 6.74. The van der Waals surface area contributed by atoms with E-state index < -0.39 is 0 Å². The van der Waals surface area contributed by atoms with Gasteiger partial charge in [-0.2, -0.15) is 0 Å². The number of hydrogen-bond acceptors (Lipinski definition) is 3. The minimum Gasteiger partial charge on any atom is -0.380 e. The van der Waals surface area contributed by atoms with E-state index in [1.54, 1.807) is 24.3 Å². The Morgan fingerprint density at radius 2 is 2.06 bits per heavy atom. The lowest BCUT2D eigenvalue weighted by molar-refractivity contribution is -0.116. The maximum Gasteiger partial charge on any atom is 0.260 e. The fourth-order valence-corrected chi connectivity index (χ4v) is 1.26. The summed E-state index contributed by atoms with van der Waals surface area (Å²) in [4.78, 5) is 23.7. The van der Waals surface area contributed by atoms with Crippen LogP contribution in [0.25, 0.3) is 0 Å². The Labute approximate surface area is 94.8 Å². The summed E-state index contributed by atoms with van der Waals surface area (Å²) >= 11 is 0. The van der Waals surface area contributed by atoms with E-state index in [9.17, 15) is 9.59 Å². The largest absolute Gasteiger partial charge is 0.380 e. The number of imide groups is 1. The Morgan fingerprint density at radius 1 is 1.38 bits per heavy atom. The molecule has 0 aliphatic carbocycles. The van der Waals surface area contributed by atoms with Crippen LogP contribution in [0.3, 0.4) is 0 Å². The Morgan fingerprint density at radius 3 is 2.62 bits per heavy atom. The van der Waals surface area contributed by atoms with Crippen LogP contribution in [0.5, 0.6) is 0 Å². The van der Waals surface area contributed by atoms with Crippen molar-refractivity contribution in [2.24, 2.45) is 0 Å². The van der Waals surface area contributed by atoms with E-state index in [0.29, 0.717) is 25.2 Å². The van der Waals surface area contributed by atoms with Crippen molar-refractivity contribution < 1.29 is 14.3 Å². The van der Waals surface area contributed by atoms with Gasteiger partial charge in [-0.25, -0.2) is 0 Å². The van der Waals surface area contributed by atoms with E-state index in [0.717, 1.165) is 4.90 Å². The van der Waals surface area contributed by atoms with Crippen LogP contribution in [0.4, 0.5) is 0 Å². The maximum atomic E-state index is 11.8. The highest BCUT2D eigenvalue weighted by Gasteiger charge is 2.13. The van der Waals surface area contributed by atoms with Crippen LogP contribution in [0.1, 0.15) is 17.3 Å². The number of amides is 2. The summed E-state index contributed by atoms with van der Waals surface area (Å²) in [6.07, 6.45) is 0.536. The van der Waals surface area contributed by atoms with Crippen molar-refractivity contribution in [2.75, 3.05) is 19.8 Å². The van der Waals surface area contributed by atoms with Crippen LogP contribution in [-0.4, -0.2) is 37.0 Å². The summed E-state index contributed by atoms with van der Waals surface area (Å²) in [5.41, 5.74) is 0.506. The van der Waals surface area contributed by atoms with Gasteiger partial charge in [0.05, 0.1) is 13.2 Å². The van der Waals surface area contributed by atoms with Crippen molar-refractivity contribution in [3.05, 3.63) is 35.9 Å². The zero-order chi connectivity index (χ0) is 11.8. The maximum absolute atomic E-state index is 11.8. The Hall–Kier alpha value is -1.68. The minimum absolute atomic E-state index is 0.283. The average Bonchev–Trinajstić information content (AvgIpc) is 2.35. The van der Waals surface area contributed by atoms with Gasteiger partial charge in [-0.3, -0.25) is 14.5 Å². The second-order valence-corrected chi connectivity index (χ2v) is 3.17. The van der Waals surface area contributed by atoms with Crippen molar-refractivity contribution in [2.45, 2.75) is 6.92 Å². The molecule has 0 aromatic heterocycles. The molecule has 1 aromatic rings. The van der Waals surface area contributed by atoms with Crippen molar-refractivity contribution in [1.82, 2.24) is 4.90 Å². The summed E-state index contributed by atoms with van der Waals surface area (Å²) < 4.78 is 5.10. The first kappa shape index (κ1) is 12.4. The standard InChI is InChI=1S/C12H15NO3/c1-2-16-9-8-13(10-14)12(15)11-6-4-3-5-7-11/h3-7,10H,2,8-9H2,1H3. The number of benzene rings is 1. The van der Waals surface area contributed by atoms with Crippen LogP contribution in [0.2, 0.25) is 0 Å². The van der Waals surface area contributed by atoms with E-state index in [4.69, 9.17) is 4.74 Å². The Balaban J connectivity index is 2.59. The molecular weight excluding hydrogens is 206 g/mol. The molecule has 0 aliphatic heterocycles. The lowest BCUT2D eigenvalue weighted by Crippen LogP contribution is -2.32. The van der Waals surface area contributed by atoms with Gasteiger partial charge in [0.2, 0.25) is 6.41 Å². The molecule has 0 saturated carbocycles. The molecule has 0 bridgehead atoms. The zero-order valence-electron chi connectivity index (χ0n) is 9.26. The van der Waals surface area contributed by atoms with Gasteiger partial charge in [-0.1, -0.05) is 18.2 Å². The zero-order valence-corrected chi connectivity index (χ0v) is 9.26. The first-order valence-corrected chi connectivity index (χ1v) is 5.18. The summed E-state index contributed by atoms with van der Waals surface area (Å²) in [5, 5.41) is 0. The van der Waals surface area contributed by atoms with Crippen LogP contribution in [-0.2, 0) is 9.53 Å². The predicted molar refractivity (Wildman–Crippen MR) is 60.0 cm³/mol. The van der Waals surface area contributed by atoms with Gasteiger partial charge in [-0.05, 0) is 19.1 Å². The lowest BCUT2D eigenvalue weighted by Gasteiger charge is -2.15. The molecule has 0 fully saturated rings. The minimum atomic E-state index is -0.296. The van der Waals surface area contributed by atoms with Crippen LogP contribution in [0.15, 0.2) is 30.3 Å². The SMILES string of the molecule is CCOCCN(C=O)C(=O)c1ccccc1. The first-order chi connectivity index (χ1) is 7.79. The molecule has 0 spiro atoms. The third kappa shape index (κ3) is 3.47. The number of nitrogens with zero attached hydrogens (tertiary/aromatic N) is 1. The van der Waals surface area contributed by atoms with Crippen molar-refractivity contribution in [3.63, 3.8) is 0 Å². The molecule has 0 unspecified atom stereocenters. The predicted octanol–water partition coefficient (Wildman–Crippen LogP) is 1.32. The Kier molecular flexibility index (Phi) is 5.22. The third-order valence-corrected chi connectivity index (χ3v) is 2.09. The van der Waals surface area contributed by atoms with Gasteiger partial charge in [-0.15, -0.1) is 0 Å². The summed E-state index contributed by atoms with van der Waals surface area (Å²) in [5.74, 6) is -0.296. The smallest absolute Gasteiger partial charge is 0.260 e. The highest BCUT2D eigenvalue weighted by molar-refractivity contribution is 5.99. The molecule has 0 saturated heterocycles. The van der Waals surface area contributed by atoms with E-state index in [1.165, 1.54) is 0 Å². The first-order valence-electron chi connectivity index (χ1n) is 5.18. The fourth-order valence-electron chi connectivity index (χ4n) is 1.26. The van der Waals surface area contributed by atoms with Gasteiger partial charge < -0.3 is 4.74 Å². The molecule has 86 valence electrons. The average molecular weight is 221 g/mol. The highest BCUT2D eigenvalue weighted by atomic mass is 16.5. The highest BCUT2D eigenvalue weighted by Crippen LogP contribution is 2.02. The van der Waals surface area contributed by atoms with Crippen molar-refractivity contribution >= 4 is 12.3 Å². The van der Waals surface area contributed by atoms with Crippen LogP contribution >= 0.6 is 0 Å². The van der Waals surface area contributed by atoms with Crippen molar-refractivity contribution in [3.8, 4) is 0 Å². The molecule has 4 nitrogen and oxygen atoms in total. The Bertz CT molecular complexity index is 337. The molecule has 1 rings (SSSR count). The molecule has 0 atom stereocenters. The molecule has 16 heavy (non-hydrogen) atoms.